The van der Waals surface area contributed by atoms with Gasteiger partial charge in [-0.1, -0.05) is 39.8 Å². The first kappa shape index (κ1) is 24.2. The van der Waals surface area contributed by atoms with Crippen LogP contribution in [0.15, 0.2) is 24.8 Å². The standard InChI is InChI=1S/C15H16O4.C4H9N.2C2H6/c1-18-10-3-2-8-4-6-15(17)7-5-9(16)13-12(15)11(8)14(10)19-13;1-3-4-5-2;2*1-2/h2-3,12-13,17H,4-7H2,1H3;3,5H,1,4H2,2H3;2*1-2H3. The zero-order chi connectivity index (χ0) is 21.3. The highest BCUT2D eigenvalue weighted by Crippen LogP contribution is 2.57. The molecular formula is C23H37NO4. The molecule has 0 amide bonds. The Morgan fingerprint density at radius 1 is 1.29 bits per heavy atom. The number of benzene rings is 1. The molecule has 5 nitrogen and oxygen atoms in total. The molecule has 1 saturated carbocycles. The molecule has 1 aromatic carbocycles. The minimum atomic E-state index is -0.789. The van der Waals surface area contributed by atoms with E-state index in [4.69, 9.17) is 9.47 Å². The SMILES string of the molecule is C=CCNC.CC.CC.COc1ccc2c3c1OC1C(=O)CCC(O)(CC2)C31. The average molecular weight is 392 g/mol. The van der Waals surface area contributed by atoms with Gasteiger partial charge in [-0.15, -0.1) is 6.58 Å². The zero-order valence-corrected chi connectivity index (χ0v) is 18.3. The molecule has 0 saturated heterocycles. The molecule has 158 valence electrons. The van der Waals surface area contributed by atoms with Crippen molar-refractivity contribution in [3.8, 4) is 11.5 Å². The summed E-state index contributed by atoms with van der Waals surface area (Å²) in [4.78, 5) is 12.1. The molecule has 3 atom stereocenters. The molecule has 1 heterocycles. The van der Waals surface area contributed by atoms with E-state index in [0.29, 0.717) is 30.8 Å². The Bertz CT molecular complexity index is 658. The molecule has 1 aliphatic heterocycles. The van der Waals surface area contributed by atoms with E-state index in [2.05, 4.69) is 11.9 Å². The summed E-state index contributed by atoms with van der Waals surface area (Å²) in [6.07, 6.45) is 3.80. The Morgan fingerprint density at radius 3 is 2.46 bits per heavy atom. The normalized spacial score (nSPS) is 25.3. The summed E-state index contributed by atoms with van der Waals surface area (Å²) in [5, 5.41) is 13.7. The van der Waals surface area contributed by atoms with E-state index in [-0.39, 0.29) is 11.7 Å². The Morgan fingerprint density at radius 2 is 1.93 bits per heavy atom. The van der Waals surface area contributed by atoms with Gasteiger partial charge in [0.1, 0.15) is 0 Å². The molecule has 4 rings (SSSR count). The van der Waals surface area contributed by atoms with Crippen molar-refractivity contribution in [3.63, 3.8) is 0 Å². The molecule has 0 radical (unpaired) electrons. The first-order chi connectivity index (χ1) is 13.6. The fraction of sp³-hybridized carbons (Fsp3) is 0.609. The van der Waals surface area contributed by atoms with E-state index in [0.717, 1.165) is 18.5 Å². The van der Waals surface area contributed by atoms with Gasteiger partial charge < -0.3 is 19.9 Å². The first-order valence-corrected chi connectivity index (χ1v) is 10.4. The van der Waals surface area contributed by atoms with Gasteiger partial charge in [0.05, 0.1) is 18.6 Å². The Labute approximate surface area is 170 Å². The average Bonchev–Trinajstić information content (AvgIpc) is 3.16. The highest BCUT2D eigenvalue weighted by Gasteiger charge is 2.57. The maximum Gasteiger partial charge on any atom is 0.174 e. The summed E-state index contributed by atoms with van der Waals surface area (Å²) < 4.78 is 11.2. The Kier molecular flexibility index (Phi) is 9.70. The number of nitrogens with one attached hydrogen (secondary N) is 1. The highest BCUT2D eigenvalue weighted by atomic mass is 16.5. The third-order valence-corrected chi connectivity index (χ3v) is 5.21. The van der Waals surface area contributed by atoms with Crippen LogP contribution in [0.4, 0.5) is 0 Å². The molecule has 3 aliphatic rings. The predicted molar refractivity (Wildman–Crippen MR) is 114 cm³/mol. The third-order valence-electron chi connectivity index (χ3n) is 5.21. The lowest BCUT2D eigenvalue weighted by Gasteiger charge is -2.43. The van der Waals surface area contributed by atoms with Crippen LogP contribution in [-0.2, 0) is 11.2 Å². The van der Waals surface area contributed by atoms with Crippen LogP contribution in [0.5, 0.6) is 11.5 Å². The molecule has 1 aromatic rings. The number of hydrogen-bond acceptors (Lipinski definition) is 5. The minimum Gasteiger partial charge on any atom is -0.493 e. The van der Waals surface area contributed by atoms with E-state index in [9.17, 15) is 9.90 Å². The van der Waals surface area contributed by atoms with Crippen LogP contribution in [0, 0.1) is 0 Å². The van der Waals surface area contributed by atoms with Crippen molar-refractivity contribution >= 4 is 5.78 Å². The van der Waals surface area contributed by atoms with E-state index < -0.39 is 11.7 Å². The number of likely N-dealkylation sites (N-methyl/N-ethyl adjacent to an activating group) is 1. The van der Waals surface area contributed by atoms with Crippen LogP contribution < -0.4 is 14.8 Å². The van der Waals surface area contributed by atoms with Crippen molar-refractivity contribution in [2.75, 3.05) is 20.7 Å². The van der Waals surface area contributed by atoms with Crippen molar-refractivity contribution in [2.24, 2.45) is 0 Å². The quantitative estimate of drug-likeness (QED) is 0.762. The van der Waals surface area contributed by atoms with Gasteiger partial charge in [-0.2, -0.15) is 0 Å². The molecular weight excluding hydrogens is 354 g/mol. The highest BCUT2D eigenvalue weighted by molar-refractivity contribution is 5.88. The second-order valence-electron chi connectivity index (χ2n) is 6.60. The van der Waals surface area contributed by atoms with Crippen molar-refractivity contribution in [1.29, 1.82) is 0 Å². The number of aliphatic hydroxyl groups is 1. The number of ether oxygens (including phenoxy) is 2. The smallest absolute Gasteiger partial charge is 0.174 e. The fourth-order valence-electron chi connectivity index (χ4n) is 4.02. The maximum absolute atomic E-state index is 12.1. The Balaban J connectivity index is 0.000000377. The minimum absolute atomic E-state index is 0.0979. The van der Waals surface area contributed by atoms with Crippen molar-refractivity contribution in [3.05, 3.63) is 35.9 Å². The fourth-order valence-corrected chi connectivity index (χ4v) is 4.02. The van der Waals surface area contributed by atoms with Crippen molar-refractivity contribution < 1.29 is 19.4 Å². The number of carbonyl (C=O) groups excluding carboxylic acids is 1. The van der Waals surface area contributed by atoms with Crippen LogP contribution in [0.25, 0.3) is 0 Å². The molecule has 0 aromatic heterocycles. The number of carbonyl (C=O) groups is 1. The van der Waals surface area contributed by atoms with Crippen LogP contribution in [-0.4, -0.2) is 43.3 Å². The van der Waals surface area contributed by atoms with Gasteiger partial charge in [0.2, 0.25) is 0 Å². The number of methoxy groups -OCH3 is 1. The van der Waals surface area contributed by atoms with Crippen LogP contribution in [0.1, 0.15) is 64.0 Å². The molecule has 2 N–H and O–H groups in total. The second kappa shape index (κ2) is 11.2. The van der Waals surface area contributed by atoms with E-state index >= 15 is 0 Å². The lowest BCUT2D eigenvalue weighted by Crippen LogP contribution is -2.51. The topological polar surface area (TPSA) is 67.8 Å². The van der Waals surface area contributed by atoms with Gasteiger partial charge in [0, 0.05) is 18.5 Å². The number of Topliss-reactive ketones (excluding diaryl/α,β-unsaturated/α-hetero) is 1. The second-order valence-corrected chi connectivity index (χ2v) is 6.60. The largest absolute Gasteiger partial charge is 0.493 e. The summed E-state index contributed by atoms with van der Waals surface area (Å²) in [7, 11) is 3.49. The van der Waals surface area contributed by atoms with Crippen LogP contribution in [0.2, 0.25) is 0 Å². The summed E-state index contributed by atoms with van der Waals surface area (Å²) in [5.41, 5.74) is 1.40. The predicted octanol–water partition coefficient (Wildman–Crippen LogP) is 4.02. The van der Waals surface area contributed by atoms with Crippen LogP contribution >= 0.6 is 0 Å². The third kappa shape index (κ3) is 4.58. The summed E-state index contributed by atoms with van der Waals surface area (Å²) in [6.45, 7) is 12.4. The molecule has 1 fully saturated rings. The lowest BCUT2D eigenvalue weighted by atomic mass is 9.64. The summed E-state index contributed by atoms with van der Waals surface area (Å²) >= 11 is 0. The van der Waals surface area contributed by atoms with Gasteiger partial charge in [0.25, 0.3) is 0 Å². The monoisotopic (exact) mass is 391 g/mol. The van der Waals surface area contributed by atoms with Crippen LogP contribution in [0.3, 0.4) is 0 Å². The molecule has 5 heteroatoms. The summed E-state index contributed by atoms with van der Waals surface area (Å²) in [5.74, 6) is 1.22. The van der Waals surface area contributed by atoms with Gasteiger partial charge in [-0.25, -0.2) is 0 Å². The summed E-state index contributed by atoms with van der Waals surface area (Å²) in [6, 6.07) is 3.92. The van der Waals surface area contributed by atoms with Gasteiger partial charge in [0.15, 0.2) is 23.4 Å². The van der Waals surface area contributed by atoms with Gasteiger partial charge in [-0.05, 0) is 37.9 Å². The van der Waals surface area contributed by atoms with Crippen molar-refractivity contribution in [1.82, 2.24) is 5.32 Å². The molecule has 0 spiro atoms. The number of ketones is 1. The maximum atomic E-state index is 12.1. The Hall–Kier alpha value is -1.85. The molecule has 0 bridgehead atoms. The number of rotatable bonds is 3. The van der Waals surface area contributed by atoms with E-state index in [1.165, 1.54) is 5.56 Å². The molecule has 3 unspecified atom stereocenters. The van der Waals surface area contributed by atoms with Gasteiger partial charge in [-0.3, -0.25) is 4.79 Å². The van der Waals surface area contributed by atoms with E-state index in [1.54, 1.807) is 7.11 Å². The van der Waals surface area contributed by atoms with Gasteiger partial charge >= 0.3 is 0 Å². The zero-order valence-electron chi connectivity index (χ0n) is 18.3. The first-order valence-electron chi connectivity index (χ1n) is 10.4. The molecule has 28 heavy (non-hydrogen) atoms. The lowest BCUT2D eigenvalue weighted by molar-refractivity contribution is -0.138. The molecule has 2 aliphatic carbocycles. The number of hydrogen-bond donors (Lipinski definition) is 2. The van der Waals surface area contributed by atoms with E-state index in [1.807, 2.05) is 53.0 Å². The van der Waals surface area contributed by atoms with Crippen molar-refractivity contribution in [2.45, 2.75) is 71.0 Å². The number of aryl methyl sites for hydroxylation is 1.